The topological polar surface area (TPSA) is 49.5 Å². The van der Waals surface area contributed by atoms with E-state index in [1.807, 2.05) is 0 Å². The first-order chi connectivity index (χ1) is 7.30. The van der Waals surface area contributed by atoms with Crippen molar-refractivity contribution in [2.45, 2.75) is 32.1 Å². The summed E-state index contributed by atoms with van der Waals surface area (Å²) in [7, 11) is 0. The molecule has 0 spiro atoms. The minimum atomic E-state index is 0.243. The van der Waals surface area contributed by atoms with Gasteiger partial charge in [-0.05, 0) is 38.3 Å². The second kappa shape index (κ2) is 4.81. The first-order valence-electron chi connectivity index (χ1n) is 6.34. The molecule has 1 saturated carbocycles. The normalized spacial score (nSPS) is 36.8. The van der Waals surface area contributed by atoms with Gasteiger partial charge in [0.15, 0.2) is 0 Å². The van der Waals surface area contributed by atoms with E-state index in [2.05, 4.69) is 4.90 Å². The van der Waals surface area contributed by atoms with Crippen LogP contribution in [0, 0.1) is 11.3 Å². The molecule has 1 heterocycles. The molecule has 1 aliphatic heterocycles. The third-order valence-corrected chi connectivity index (χ3v) is 4.35. The summed E-state index contributed by atoms with van der Waals surface area (Å²) in [6.07, 6.45) is 6.31. The number of nitrogens with two attached hydrogens (primary N) is 1. The Morgan fingerprint density at radius 3 is 2.93 bits per heavy atom. The predicted octanol–water partition coefficient (Wildman–Crippen LogP) is 0.820. The molecular formula is C12H24N2O. The van der Waals surface area contributed by atoms with E-state index in [9.17, 15) is 5.11 Å². The molecule has 88 valence electrons. The van der Waals surface area contributed by atoms with Crippen LogP contribution in [0.2, 0.25) is 0 Å². The highest BCUT2D eigenvalue weighted by Gasteiger charge is 2.46. The van der Waals surface area contributed by atoms with E-state index in [0.29, 0.717) is 6.61 Å². The molecule has 0 bridgehead atoms. The molecule has 3 heteroatoms. The fourth-order valence-corrected chi connectivity index (χ4v) is 3.44. The summed E-state index contributed by atoms with van der Waals surface area (Å²) in [5.41, 5.74) is 5.79. The van der Waals surface area contributed by atoms with Crippen molar-refractivity contribution in [3.8, 4) is 0 Å². The van der Waals surface area contributed by atoms with E-state index in [1.165, 1.54) is 32.2 Å². The van der Waals surface area contributed by atoms with Crippen LogP contribution in [0.3, 0.4) is 0 Å². The maximum atomic E-state index is 9.64. The van der Waals surface area contributed by atoms with Crippen LogP contribution in [0.25, 0.3) is 0 Å². The number of aliphatic hydroxyl groups excluding tert-OH is 1. The maximum Gasteiger partial charge on any atom is 0.0502 e. The maximum absolute atomic E-state index is 9.64. The highest BCUT2D eigenvalue weighted by molar-refractivity contribution is 4.98. The molecule has 0 amide bonds. The summed E-state index contributed by atoms with van der Waals surface area (Å²) < 4.78 is 0. The molecule has 1 aliphatic carbocycles. The van der Waals surface area contributed by atoms with Crippen LogP contribution < -0.4 is 5.73 Å². The Morgan fingerprint density at radius 2 is 2.27 bits per heavy atom. The standard InChI is InChI=1S/C12H24N2O/c13-6-3-7-14-8-11-4-1-2-5-12(11,9-14)10-15/h11,15H,1-10,13H2/t11-,12-/m1/s1. The minimum absolute atomic E-state index is 0.243. The monoisotopic (exact) mass is 212 g/mol. The van der Waals surface area contributed by atoms with Gasteiger partial charge in [-0.1, -0.05) is 12.8 Å². The molecular weight excluding hydrogens is 188 g/mol. The molecule has 3 N–H and O–H groups in total. The van der Waals surface area contributed by atoms with Gasteiger partial charge < -0.3 is 15.7 Å². The number of likely N-dealkylation sites (tertiary alicyclic amines) is 1. The molecule has 0 unspecified atom stereocenters. The van der Waals surface area contributed by atoms with Crippen LogP contribution in [0.1, 0.15) is 32.1 Å². The molecule has 2 atom stereocenters. The first-order valence-corrected chi connectivity index (χ1v) is 6.34. The molecule has 0 aromatic heterocycles. The summed E-state index contributed by atoms with van der Waals surface area (Å²) in [5.74, 6) is 0.744. The Morgan fingerprint density at radius 1 is 1.40 bits per heavy atom. The zero-order valence-electron chi connectivity index (χ0n) is 9.62. The van der Waals surface area contributed by atoms with Crippen molar-refractivity contribution in [3.63, 3.8) is 0 Å². The van der Waals surface area contributed by atoms with Crippen LogP contribution in [-0.2, 0) is 0 Å². The number of fused-ring (bicyclic) bond motifs is 1. The molecule has 2 fully saturated rings. The van der Waals surface area contributed by atoms with Crippen molar-refractivity contribution in [3.05, 3.63) is 0 Å². The van der Waals surface area contributed by atoms with Gasteiger partial charge in [-0.3, -0.25) is 0 Å². The highest BCUT2D eigenvalue weighted by atomic mass is 16.3. The van der Waals surface area contributed by atoms with Gasteiger partial charge in [-0.25, -0.2) is 0 Å². The smallest absolute Gasteiger partial charge is 0.0502 e. The van der Waals surface area contributed by atoms with Crippen molar-refractivity contribution in [1.29, 1.82) is 0 Å². The van der Waals surface area contributed by atoms with Crippen molar-refractivity contribution in [2.24, 2.45) is 17.1 Å². The lowest BCUT2D eigenvalue weighted by Crippen LogP contribution is -2.37. The lowest BCUT2D eigenvalue weighted by atomic mass is 9.69. The van der Waals surface area contributed by atoms with Crippen LogP contribution in [0.4, 0.5) is 0 Å². The third kappa shape index (κ3) is 2.19. The zero-order valence-corrected chi connectivity index (χ0v) is 9.62. The van der Waals surface area contributed by atoms with Crippen molar-refractivity contribution >= 4 is 0 Å². The lowest BCUT2D eigenvalue weighted by molar-refractivity contribution is 0.0583. The van der Waals surface area contributed by atoms with Gasteiger partial charge in [-0.15, -0.1) is 0 Å². The molecule has 0 radical (unpaired) electrons. The quantitative estimate of drug-likeness (QED) is 0.725. The van der Waals surface area contributed by atoms with Gasteiger partial charge in [0.2, 0.25) is 0 Å². The highest BCUT2D eigenvalue weighted by Crippen LogP contribution is 2.46. The van der Waals surface area contributed by atoms with Gasteiger partial charge in [0, 0.05) is 18.5 Å². The Hall–Kier alpha value is -0.120. The van der Waals surface area contributed by atoms with Gasteiger partial charge in [-0.2, -0.15) is 0 Å². The molecule has 15 heavy (non-hydrogen) atoms. The Bertz CT molecular complexity index is 210. The van der Waals surface area contributed by atoms with Crippen LogP contribution in [0.15, 0.2) is 0 Å². The average molecular weight is 212 g/mol. The van der Waals surface area contributed by atoms with Crippen molar-refractivity contribution in [1.82, 2.24) is 4.90 Å². The molecule has 2 rings (SSSR count). The largest absolute Gasteiger partial charge is 0.396 e. The van der Waals surface area contributed by atoms with Crippen LogP contribution in [-0.4, -0.2) is 42.8 Å². The van der Waals surface area contributed by atoms with E-state index in [-0.39, 0.29) is 5.41 Å². The molecule has 0 aromatic carbocycles. The Kier molecular flexibility index (Phi) is 3.65. The molecule has 3 nitrogen and oxygen atoms in total. The molecule has 0 aromatic rings. The summed E-state index contributed by atoms with van der Waals surface area (Å²) in [6, 6.07) is 0. The summed E-state index contributed by atoms with van der Waals surface area (Å²) in [4.78, 5) is 2.51. The number of hydrogen-bond donors (Lipinski definition) is 2. The summed E-state index contributed by atoms with van der Waals surface area (Å²) >= 11 is 0. The summed E-state index contributed by atoms with van der Waals surface area (Å²) in [6.45, 7) is 4.59. The second-order valence-electron chi connectivity index (χ2n) is 5.34. The van der Waals surface area contributed by atoms with Gasteiger partial charge >= 0.3 is 0 Å². The van der Waals surface area contributed by atoms with E-state index in [4.69, 9.17) is 5.73 Å². The number of aliphatic hydroxyl groups is 1. The fraction of sp³-hybridized carbons (Fsp3) is 1.00. The number of rotatable bonds is 4. The zero-order chi connectivity index (χ0) is 10.7. The van der Waals surface area contributed by atoms with Crippen molar-refractivity contribution < 1.29 is 5.11 Å². The predicted molar refractivity (Wildman–Crippen MR) is 61.6 cm³/mol. The minimum Gasteiger partial charge on any atom is -0.396 e. The third-order valence-electron chi connectivity index (χ3n) is 4.35. The van der Waals surface area contributed by atoms with E-state index >= 15 is 0 Å². The lowest BCUT2D eigenvalue weighted by Gasteiger charge is -2.37. The second-order valence-corrected chi connectivity index (χ2v) is 5.34. The van der Waals surface area contributed by atoms with Crippen LogP contribution >= 0.6 is 0 Å². The SMILES string of the molecule is NCCCN1C[C@H]2CCCC[C@]2(CO)C1. The Balaban J connectivity index is 1.95. The first kappa shape index (κ1) is 11.4. The number of nitrogens with zero attached hydrogens (tertiary/aromatic N) is 1. The molecule has 2 aliphatic rings. The van der Waals surface area contributed by atoms with Crippen LogP contribution in [0.5, 0.6) is 0 Å². The number of hydrogen-bond acceptors (Lipinski definition) is 3. The van der Waals surface area contributed by atoms with Gasteiger partial charge in [0.25, 0.3) is 0 Å². The van der Waals surface area contributed by atoms with Gasteiger partial charge in [0.1, 0.15) is 0 Å². The van der Waals surface area contributed by atoms with E-state index in [1.54, 1.807) is 0 Å². The van der Waals surface area contributed by atoms with E-state index in [0.717, 1.165) is 32.0 Å². The van der Waals surface area contributed by atoms with Gasteiger partial charge in [0.05, 0.1) is 6.61 Å². The molecule has 1 saturated heterocycles. The Labute approximate surface area is 92.6 Å². The fourth-order valence-electron chi connectivity index (χ4n) is 3.44. The van der Waals surface area contributed by atoms with Crippen molar-refractivity contribution in [2.75, 3.05) is 32.8 Å². The van der Waals surface area contributed by atoms with E-state index < -0.39 is 0 Å². The summed E-state index contributed by atoms with van der Waals surface area (Å²) in [5, 5.41) is 9.64. The average Bonchev–Trinajstić information content (AvgIpc) is 2.65.